The standard InChI is InChI=1S/C11H13N3O3S/c1-18-5-11(16)13-7-3-8-9(2-6(7)12)17-4-10(15)14-8/h2-3H,4-5,12H2,1H3,(H,13,16)(H,14,15). The fourth-order valence-electron chi connectivity index (χ4n) is 1.57. The number of benzene rings is 1. The fourth-order valence-corrected chi connectivity index (χ4v) is 1.90. The maximum absolute atomic E-state index is 11.5. The lowest BCUT2D eigenvalue weighted by Crippen LogP contribution is -2.26. The third-order valence-electron chi connectivity index (χ3n) is 2.33. The number of anilines is 3. The summed E-state index contributed by atoms with van der Waals surface area (Å²) in [5.41, 5.74) is 7.20. The van der Waals surface area contributed by atoms with E-state index in [4.69, 9.17) is 10.5 Å². The van der Waals surface area contributed by atoms with Crippen molar-refractivity contribution in [2.24, 2.45) is 0 Å². The molecular weight excluding hydrogens is 254 g/mol. The highest BCUT2D eigenvalue weighted by atomic mass is 32.2. The zero-order chi connectivity index (χ0) is 13.1. The average Bonchev–Trinajstić information content (AvgIpc) is 2.31. The summed E-state index contributed by atoms with van der Waals surface area (Å²) >= 11 is 1.42. The largest absolute Gasteiger partial charge is 0.482 e. The molecule has 96 valence electrons. The molecule has 0 aliphatic carbocycles. The molecule has 1 aliphatic rings. The first-order valence-electron chi connectivity index (χ1n) is 5.25. The molecule has 1 aromatic carbocycles. The van der Waals surface area contributed by atoms with Gasteiger partial charge in [-0.25, -0.2) is 0 Å². The highest BCUT2D eigenvalue weighted by Gasteiger charge is 2.18. The van der Waals surface area contributed by atoms with Crippen molar-refractivity contribution in [3.05, 3.63) is 12.1 Å². The summed E-state index contributed by atoms with van der Waals surface area (Å²) in [6, 6.07) is 3.18. The molecule has 0 bridgehead atoms. The van der Waals surface area contributed by atoms with E-state index in [0.29, 0.717) is 28.6 Å². The van der Waals surface area contributed by atoms with E-state index in [0.717, 1.165) is 0 Å². The second kappa shape index (κ2) is 5.18. The van der Waals surface area contributed by atoms with Crippen molar-refractivity contribution in [3.63, 3.8) is 0 Å². The van der Waals surface area contributed by atoms with Gasteiger partial charge in [-0.1, -0.05) is 0 Å². The van der Waals surface area contributed by atoms with E-state index < -0.39 is 0 Å². The van der Waals surface area contributed by atoms with Crippen molar-refractivity contribution in [3.8, 4) is 5.75 Å². The summed E-state index contributed by atoms with van der Waals surface area (Å²) in [5.74, 6) is 0.486. The number of nitrogens with two attached hydrogens (primary N) is 1. The molecule has 1 aliphatic heterocycles. The number of hydrogen-bond donors (Lipinski definition) is 3. The molecule has 0 saturated carbocycles. The van der Waals surface area contributed by atoms with Crippen LogP contribution in [0, 0.1) is 0 Å². The Hall–Kier alpha value is -1.89. The van der Waals surface area contributed by atoms with Gasteiger partial charge in [-0.05, 0) is 12.3 Å². The molecule has 0 fully saturated rings. The van der Waals surface area contributed by atoms with Gasteiger partial charge in [-0.2, -0.15) is 11.8 Å². The minimum atomic E-state index is -0.228. The van der Waals surface area contributed by atoms with Gasteiger partial charge in [0, 0.05) is 6.07 Å². The maximum Gasteiger partial charge on any atom is 0.262 e. The predicted octanol–water partition coefficient (Wildman–Crippen LogP) is 0.901. The highest BCUT2D eigenvalue weighted by molar-refractivity contribution is 7.99. The highest BCUT2D eigenvalue weighted by Crippen LogP contribution is 2.35. The van der Waals surface area contributed by atoms with Crippen LogP contribution in [-0.4, -0.2) is 30.4 Å². The van der Waals surface area contributed by atoms with E-state index in [2.05, 4.69) is 10.6 Å². The molecule has 18 heavy (non-hydrogen) atoms. The summed E-state index contributed by atoms with van der Waals surface area (Å²) in [6.45, 7) is -0.0232. The number of fused-ring (bicyclic) bond motifs is 1. The lowest BCUT2D eigenvalue weighted by Gasteiger charge is -2.20. The minimum absolute atomic E-state index is 0.0232. The number of ether oxygens (including phenoxy) is 1. The van der Waals surface area contributed by atoms with Crippen LogP contribution >= 0.6 is 11.8 Å². The lowest BCUT2D eigenvalue weighted by molar-refractivity contribution is -0.118. The van der Waals surface area contributed by atoms with Gasteiger partial charge >= 0.3 is 0 Å². The topological polar surface area (TPSA) is 93.5 Å². The Morgan fingerprint density at radius 1 is 1.61 bits per heavy atom. The molecule has 2 amide bonds. The van der Waals surface area contributed by atoms with Crippen LogP contribution in [0.1, 0.15) is 0 Å². The van der Waals surface area contributed by atoms with Crippen LogP contribution in [0.2, 0.25) is 0 Å². The van der Waals surface area contributed by atoms with E-state index in [1.54, 1.807) is 12.1 Å². The summed E-state index contributed by atoms with van der Waals surface area (Å²) in [6.07, 6.45) is 1.84. The monoisotopic (exact) mass is 267 g/mol. The van der Waals surface area contributed by atoms with Gasteiger partial charge in [0.2, 0.25) is 5.91 Å². The normalized spacial score (nSPS) is 13.3. The van der Waals surface area contributed by atoms with Crippen molar-refractivity contribution >= 4 is 40.6 Å². The Morgan fingerprint density at radius 3 is 3.11 bits per heavy atom. The predicted molar refractivity (Wildman–Crippen MR) is 72.0 cm³/mol. The third-order valence-corrected chi connectivity index (χ3v) is 2.88. The smallest absolute Gasteiger partial charge is 0.262 e. The Balaban J connectivity index is 2.24. The fraction of sp³-hybridized carbons (Fsp3) is 0.273. The zero-order valence-corrected chi connectivity index (χ0v) is 10.6. The Bertz CT molecular complexity index is 505. The number of amides is 2. The van der Waals surface area contributed by atoms with Gasteiger partial charge in [-0.15, -0.1) is 0 Å². The third kappa shape index (κ3) is 2.67. The number of carbonyl (C=O) groups is 2. The molecule has 7 heteroatoms. The van der Waals surface area contributed by atoms with Crippen molar-refractivity contribution in [1.29, 1.82) is 0 Å². The number of nitrogen functional groups attached to an aromatic ring is 1. The Kier molecular flexibility index (Phi) is 3.61. The van der Waals surface area contributed by atoms with Crippen LogP contribution in [0.15, 0.2) is 12.1 Å². The quantitative estimate of drug-likeness (QED) is 0.707. The molecule has 0 atom stereocenters. The lowest BCUT2D eigenvalue weighted by atomic mass is 10.2. The molecule has 1 heterocycles. The van der Waals surface area contributed by atoms with E-state index >= 15 is 0 Å². The Labute approximate surface area is 108 Å². The molecular formula is C11H13N3O3S. The molecule has 0 radical (unpaired) electrons. The molecule has 0 aromatic heterocycles. The maximum atomic E-state index is 11.5. The van der Waals surface area contributed by atoms with Crippen molar-refractivity contribution in [1.82, 2.24) is 0 Å². The van der Waals surface area contributed by atoms with E-state index in [1.165, 1.54) is 11.8 Å². The number of hydrogen-bond acceptors (Lipinski definition) is 5. The second-order valence-electron chi connectivity index (χ2n) is 3.75. The SMILES string of the molecule is CSCC(=O)Nc1cc2c(cc1N)OCC(=O)N2. The van der Waals surface area contributed by atoms with Crippen LogP contribution in [0.25, 0.3) is 0 Å². The molecule has 6 nitrogen and oxygen atoms in total. The number of rotatable bonds is 3. The van der Waals surface area contributed by atoms with E-state index in [1.807, 2.05) is 6.26 Å². The number of carbonyl (C=O) groups excluding carboxylic acids is 2. The summed E-state index contributed by atoms with van der Waals surface area (Å²) < 4.78 is 5.22. The summed E-state index contributed by atoms with van der Waals surface area (Å²) in [4.78, 5) is 22.7. The molecule has 0 unspecified atom stereocenters. The van der Waals surface area contributed by atoms with Gasteiger partial charge in [0.15, 0.2) is 6.61 Å². The molecule has 2 rings (SSSR count). The molecule has 0 saturated heterocycles. The van der Waals surface area contributed by atoms with Crippen molar-refractivity contribution in [2.45, 2.75) is 0 Å². The first kappa shape index (κ1) is 12.6. The van der Waals surface area contributed by atoms with Crippen LogP contribution in [0.3, 0.4) is 0 Å². The van der Waals surface area contributed by atoms with Crippen LogP contribution in [0.5, 0.6) is 5.75 Å². The molecule has 1 aromatic rings. The van der Waals surface area contributed by atoms with Crippen LogP contribution in [0.4, 0.5) is 17.1 Å². The molecule has 0 spiro atoms. The first-order chi connectivity index (χ1) is 8.60. The second-order valence-corrected chi connectivity index (χ2v) is 4.62. The average molecular weight is 267 g/mol. The van der Waals surface area contributed by atoms with Gasteiger partial charge < -0.3 is 21.1 Å². The summed E-state index contributed by atoms with van der Waals surface area (Å²) in [7, 11) is 0. The van der Waals surface area contributed by atoms with E-state index in [-0.39, 0.29) is 18.4 Å². The van der Waals surface area contributed by atoms with Gasteiger partial charge in [0.25, 0.3) is 5.91 Å². The number of nitrogens with one attached hydrogen (secondary N) is 2. The zero-order valence-electron chi connectivity index (χ0n) is 9.78. The van der Waals surface area contributed by atoms with Gasteiger partial charge in [0.1, 0.15) is 5.75 Å². The number of thioether (sulfide) groups is 1. The van der Waals surface area contributed by atoms with Crippen molar-refractivity contribution < 1.29 is 14.3 Å². The first-order valence-corrected chi connectivity index (χ1v) is 6.64. The van der Waals surface area contributed by atoms with Crippen molar-refractivity contribution in [2.75, 3.05) is 35.0 Å². The van der Waals surface area contributed by atoms with Gasteiger partial charge in [-0.3, -0.25) is 9.59 Å². The van der Waals surface area contributed by atoms with E-state index in [9.17, 15) is 9.59 Å². The summed E-state index contributed by atoms with van der Waals surface area (Å²) in [5, 5.41) is 5.34. The Morgan fingerprint density at radius 2 is 2.39 bits per heavy atom. The molecule has 4 N–H and O–H groups in total. The minimum Gasteiger partial charge on any atom is -0.482 e. The van der Waals surface area contributed by atoms with Crippen LogP contribution in [-0.2, 0) is 9.59 Å². The van der Waals surface area contributed by atoms with Gasteiger partial charge in [0.05, 0.1) is 22.8 Å². The van der Waals surface area contributed by atoms with Crippen LogP contribution < -0.4 is 21.1 Å².